The molecule has 1 aliphatic carbocycles. The van der Waals surface area contributed by atoms with E-state index in [1.54, 1.807) is 7.11 Å². The van der Waals surface area contributed by atoms with E-state index in [1.807, 2.05) is 24.3 Å². The molecule has 1 atom stereocenters. The molecule has 0 aromatic heterocycles. The van der Waals surface area contributed by atoms with E-state index in [2.05, 4.69) is 12.2 Å². The Bertz CT molecular complexity index is 407. The SMILES string of the molecule is CC[C@H](NC(=O)C1CCCC1)c1ccc(OC)cc1. The minimum absolute atomic E-state index is 0.110. The van der Waals surface area contributed by atoms with Crippen molar-refractivity contribution in [2.75, 3.05) is 7.11 Å². The topological polar surface area (TPSA) is 38.3 Å². The van der Waals surface area contributed by atoms with Crippen LogP contribution in [0.2, 0.25) is 0 Å². The highest BCUT2D eigenvalue weighted by Gasteiger charge is 2.24. The Morgan fingerprint density at radius 1 is 1.32 bits per heavy atom. The molecule has 0 aliphatic heterocycles. The molecule has 1 aromatic carbocycles. The molecule has 3 heteroatoms. The van der Waals surface area contributed by atoms with Crippen LogP contribution >= 0.6 is 0 Å². The van der Waals surface area contributed by atoms with Gasteiger partial charge in [0.05, 0.1) is 13.2 Å². The van der Waals surface area contributed by atoms with Crippen LogP contribution in [0.1, 0.15) is 50.6 Å². The molecule has 0 unspecified atom stereocenters. The second-order valence-electron chi connectivity index (χ2n) is 5.22. The van der Waals surface area contributed by atoms with Crippen molar-refractivity contribution in [2.45, 2.75) is 45.1 Å². The second-order valence-corrected chi connectivity index (χ2v) is 5.22. The lowest BCUT2D eigenvalue weighted by molar-refractivity contribution is -0.125. The molecule has 1 amide bonds. The van der Waals surface area contributed by atoms with Crippen LogP contribution in [0.5, 0.6) is 5.75 Å². The van der Waals surface area contributed by atoms with Gasteiger partial charge in [0.1, 0.15) is 5.75 Å². The first-order valence-corrected chi connectivity index (χ1v) is 7.19. The van der Waals surface area contributed by atoms with E-state index in [-0.39, 0.29) is 17.9 Å². The Morgan fingerprint density at radius 3 is 2.47 bits per heavy atom. The Kier molecular flexibility index (Phi) is 4.83. The molecule has 3 nitrogen and oxygen atoms in total. The van der Waals surface area contributed by atoms with E-state index in [0.29, 0.717) is 0 Å². The number of benzene rings is 1. The van der Waals surface area contributed by atoms with Crippen molar-refractivity contribution >= 4 is 5.91 Å². The molecule has 0 spiro atoms. The average Bonchev–Trinajstić information content (AvgIpc) is 2.99. The summed E-state index contributed by atoms with van der Waals surface area (Å²) in [6, 6.07) is 8.06. The third kappa shape index (κ3) is 3.49. The monoisotopic (exact) mass is 261 g/mol. The van der Waals surface area contributed by atoms with Gasteiger partial charge in [0, 0.05) is 5.92 Å². The molecule has 104 valence electrons. The number of carbonyl (C=O) groups excluding carboxylic acids is 1. The van der Waals surface area contributed by atoms with E-state index in [4.69, 9.17) is 4.74 Å². The summed E-state index contributed by atoms with van der Waals surface area (Å²) in [5.74, 6) is 1.30. The molecular formula is C16H23NO2. The summed E-state index contributed by atoms with van der Waals surface area (Å²) in [5, 5.41) is 3.18. The lowest BCUT2D eigenvalue weighted by Gasteiger charge is -2.20. The Morgan fingerprint density at radius 2 is 1.95 bits per heavy atom. The first kappa shape index (κ1) is 13.9. The standard InChI is InChI=1S/C16H23NO2/c1-3-15(12-8-10-14(19-2)11-9-12)17-16(18)13-6-4-5-7-13/h8-11,13,15H,3-7H2,1-2H3,(H,17,18)/t15-/m0/s1. The van der Waals surface area contributed by atoms with Crippen LogP contribution in [-0.4, -0.2) is 13.0 Å². The number of rotatable bonds is 5. The third-order valence-corrected chi connectivity index (χ3v) is 3.97. The van der Waals surface area contributed by atoms with E-state index in [1.165, 1.54) is 12.8 Å². The summed E-state index contributed by atoms with van der Waals surface area (Å²) in [5.41, 5.74) is 1.15. The zero-order valence-electron chi connectivity index (χ0n) is 11.8. The van der Waals surface area contributed by atoms with Crippen molar-refractivity contribution in [3.8, 4) is 5.75 Å². The first-order chi connectivity index (χ1) is 9.24. The number of hydrogen-bond donors (Lipinski definition) is 1. The van der Waals surface area contributed by atoms with Gasteiger partial charge in [-0.2, -0.15) is 0 Å². The normalized spacial score (nSPS) is 17.2. The summed E-state index contributed by atoms with van der Waals surface area (Å²) in [6.07, 6.45) is 5.38. The highest BCUT2D eigenvalue weighted by atomic mass is 16.5. The highest BCUT2D eigenvalue weighted by molar-refractivity contribution is 5.79. The Hall–Kier alpha value is -1.51. The van der Waals surface area contributed by atoms with Crippen LogP contribution in [0.15, 0.2) is 24.3 Å². The van der Waals surface area contributed by atoms with Gasteiger partial charge in [0.25, 0.3) is 0 Å². The Labute approximate surface area is 115 Å². The largest absolute Gasteiger partial charge is 0.497 e. The van der Waals surface area contributed by atoms with Gasteiger partial charge in [-0.3, -0.25) is 4.79 Å². The number of hydrogen-bond acceptors (Lipinski definition) is 2. The van der Waals surface area contributed by atoms with Gasteiger partial charge in [-0.1, -0.05) is 31.9 Å². The van der Waals surface area contributed by atoms with Crippen molar-refractivity contribution in [3.05, 3.63) is 29.8 Å². The van der Waals surface area contributed by atoms with Crippen LogP contribution < -0.4 is 10.1 Å². The lowest BCUT2D eigenvalue weighted by Crippen LogP contribution is -2.32. The number of ether oxygens (including phenoxy) is 1. The van der Waals surface area contributed by atoms with Gasteiger partial charge in [0.15, 0.2) is 0 Å². The predicted molar refractivity (Wildman–Crippen MR) is 76.1 cm³/mol. The molecule has 1 aliphatic rings. The maximum Gasteiger partial charge on any atom is 0.223 e. The van der Waals surface area contributed by atoms with Gasteiger partial charge in [-0.15, -0.1) is 0 Å². The summed E-state index contributed by atoms with van der Waals surface area (Å²) in [4.78, 5) is 12.2. The summed E-state index contributed by atoms with van der Waals surface area (Å²) in [6.45, 7) is 2.10. The van der Waals surface area contributed by atoms with Crippen LogP contribution in [-0.2, 0) is 4.79 Å². The fraction of sp³-hybridized carbons (Fsp3) is 0.562. The maximum absolute atomic E-state index is 12.2. The molecule has 0 saturated heterocycles. The molecule has 2 rings (SSSR count). The van der Waals surface area contributed by atoms with Crippen LogP contribution in [0, 0.1) is 5.92 Å². The molecule has 19 heavy (non-hydrogen) atoms. The van der Waals surface area contributed by atoms with Crippen molar-refractivity contribution in [1.82, 2.24) is 5.32 Å². The number of amides is 1. The van der Waals surface area contributed by atoms with Crippen molar-refractivity contribution in [2.24, 2.45) is 5.92 Å². The van der Waals surface area contributed by atoms with Crippen LogP contribution in [0.4, 0.5) is 0 Å². The zero-order chi connectivity index (χ0) is 13.7. The minimum Gasteiger partial charge on any atom is -0.497 e. The van der Waals surface area contributed by atoms with Gasteiger partial charge in [-0.25, -0.2) is 0 Å². The fourth-order valence-corrected chi connectivity index (χ4v) is 2.73. The maximum atomic E-state index is 12.2. The smallest absolute Gasteiger partial charge is 0.223 e. The third-order valence-electron chi connectivity index (χ3n) is 3.97. The number of methoxy groups -OCH3 is 1. The van der Waals surface area contributed by atoms with Crippen LogP contribution in [0.25, 0.3) is 0 Å². The van der Waals surface area contributed by atoms with E-state index in [9.17, 15) is 4.79 Å². The predicted octanol–water partition coefficient (Wildman–Crippen LogP) is 3.45. The van der Waals surface area contributed by atoms with E-state index in [0.717, 1.165) is 30.6 Å². The minimum atomic E-state index is 0.110. The molecule has 1 fully saturated rings. The molecule has 0 heterocycles. The van der Waals surface area contributed by atoms with E-state index < -0.39 is 0 Å². The summed E-state index contributed by atoms with van der Waals surface area (Å²) in [7, 11) is 1.66. The van der Waals surface area contributed by atoms with Gasteiger partial charge in [-0.05, 0) is 37.0 Å². The average molecular weight is 261 g/mol. The fourth-order valence-electron chi connectivity index (χ4n) is 2.73. The molecular weight excluding hydrogens is 238 g/mol. The van der Waals surface area contributed by atoms with Crippen molar-refractivity contribution in [1.29, 1.82) is 0 Å². The molecule has 1 N–H and O–H groups in total. The van der Waals surface area contributed by atoms with E-state index >= 15 is 0 Å². The number of carbonyl (C=O) groups is 1. The van der Waals surface area contributed by atoms with Crippen LogP contribution in [0.3, 0.4) is 0 Å². The van der Waals surface area contributed by atoms with Crippen molar-refractivity contribution < 1.29 is 9.53 Å². The number of nitrogens with one attached hydrogen (secondary N) is 1. The second kappa shape index (κ2) is 6.60. The lowest BCUT2D eigenvalue weighted by atomic mass is 10.0. The quantitative estimate of drug-likeness (QED) is 0.881. The van der Waals surface area contributed by atoms with Crippen molar-refractivity contribution in [3.63, 3.8) is 0 Å². The summed E-state index contributed by atoms with van der Waals surface area (Å²) < 4.78 is 5.16. The summed E-state index contributed by atoms with van der Waals surface area (Å²) >= 11 is 0. The highest BCUT2D eigenvalue weighted by Crippen LogP contribution is 2.26. The van der Waals surface area contributed by atoms with Gasteiger partial charge in [0.2, 0.25) is 5.91 Å². The van der Waals surface area contributed by atoms with Gasteiger partial charge < -0.3 is 10.1 Å². The Balaban J connectivity index is 2.00. The molecule has 1 saturated carbocycles. The molecule has 0 radical (unpaired) electrons. The van der Waals surface area contributed by atoms with Gasteiger partial charge >= 0.3 is 0 Å². The first-order valence-electron chi connectivity index (χ1n) is 7.19. The molecule has 0 bridgehead atoms. The zero-order valence-corrected chi connectivity index (χ0v) is 11.8. The molecule has 1 aromatic rings.